The zero-order valence-corrected chi connectivity index (χ0v) is 8.57. The molecule has 0 aromatic carbocycles. The van der Waals surface area contributed by atoms with Crippen molar-refractivity contribution in [1.82, 2.24) is 9.97 Å². The molecule has 0 bridgehead atoms. The van der Waals surface area contributed by atoms with Gasteiger partial charge in [0.25, 0.3) is 0 Å². The third-order valence-electron chi connectivity index (χ3n) is 1.84. The van der Waals surface area contributed by atoms with Crippen LogP contribution in [-0.4, -0.2) is 9.97 Å². The third kappa shape index (κ3) is 2.35. The zero-order valence-electron chi connectivity index (χ0n) is 7.81. The highest BCUT2D eigenvalue weighted by molar-refractivity contribution is 6.30. The van der Waals surface area contributed by atoms with Gasteiger partial charge in [0.1, 0.15) is 5.82 Å². The first kappa shape index (κ1) is 9.73. The molecule has 0 aliphatic carbocycles. The van der Waals surface area contributed by atoms with Crippen molar-refractivity contribution >= 4 is 28.8 Å². The largest absolute Gasteiger partial charge is 0.397 e. The van der Waals surface area contributed by atoms with Gasteiger partial charge in [0.2, 0.25) is 0 Å². The van der Waals surface area contributed by atoms with E-state index in [4.69, 9.17) is 17.3 Å². The summed E-state index contributed by atoms with van der Waals surface area (Å²) >= 11 is 5.72. The molecule has 0 saturated carbocycles. The van der Waals surface area contributed by atoms with Crippen LogP contribution in [0.1, 0.15) is 0 Å². The average Bonchev–Trinajstić information content (AvgIpc) is 2.25. The summed E-state index contributed by atoms with van der Waals surface area (Å²) < 4.78 is 0. The van der Waals surface area contributed by atoms with E-state index in [1.54, 1.807) is 36.8 Å². The van der Waals surface area contributed by atoms with E-state index in [1.807, 2.05) is 0 Å². The van der Waals surface area contributed by atoms with Crippen LogP contribution in [0.4, 0.5) is 17.2 Å². The van der Waals surface area contributed by atoms with Gasteiger partial charge in [0.05, 0.1) is 22.6 Å². The minimum Gasteiger partial charge on any atom is -0.397 e. The van der Waals surface area contributed by atoms with Crippen molar-refractivity contribution in [2.45, 2.75) is 0 Å². The molecule has 76 valence electrons. The number of anilines is 3. The SMILES string of the molecule is Nc1ccncc1Nc1ccc(Cl)cn1. The van der Waals surface area contributed by atoms with Gasteiger partial charge in [0, 0.05) is 12.4 Å². The standard InChI is InChI=1S/C10H9ClN4/c11-7-1-2-10(14-5-7)15-9-6-13-4-3-8(9)12/h1-6H,(H2,12,13)(H,14,15). The van der Waals surface area contributed by atoms with Gasteiger partial charge in [-0.1, -0.05) is 11.6 Å². The Morgan fingerprint density at radius 3 is 2.73 bits per heavy atom. The molecule has 0 saturated heterocycles. The number of nitrogens with two attached hydrogens (primary N) is 1. The molecule has 2 heterocycles. The summed E-state index contributed by atoms with van der Waals surface area (Å²) in [4.78, 5) is 8.05. The molecule has 0 aliphatic heterocycles. The highest BCUT2D eigenvalue weighted by atomic mass is 35.5. The molecule has 0 radical (unpaired) electrons. The Labute approximate surface area is 92.1 Å². The quantitative estimate of drug-likeness (QED) is 0.816. The molecular weight excluding hydrogens is 212 g/mol. The number of rotatable bonds is 2. The summed E-state index contributed by atoms with van der Waals surface area (Å²) in [5.41, 5.74) is 7.10. The summed E-state index contributed by atoms with van der Waals surface area (Å²) in [6, 6.07) is 5.25. The number of nitrogens with one attached hydrogen (secondary N) is 1. The van der Waals surface area contributed by atoms with Gasteiger partial charge in [-0.3, -0.25) is 4.98 Å². The molecule has 4 nitrogen and oxygen atoms in total. The normalized spacial score (nSPS) is 9.93. The van der Waals surface area contributed by atoms with Crippen LogP contribution in [0.3, 0.4) is 0 Å². The lowest BCUT2D eigenvalue weighted by molar-refractivity contribution is 1.28. The lowest BCUT2D eigenvalue weighted by Crippen LogP contribution is -1.98. The monoisotopic (exact) mass is 220 g/mol. The second-order valence-electron chi connectivity index (χ2n) is 2.95. The van der Waals surface area contributed by atoms with Gasteiger partial charge in [0.15, 0.2) is 0 Å². The maximum atomic E-state index is 5.74. The number of nitrogen functional groups attached to an aromatic ring is 1. The minimum atomic E-state index is 0.597. The van der Waals surface area contributed by atoms with E-state index in [-0.39, 0.29) is 0 Å². The molecule has 0 unspecified atom stereocenters. The second kappa shape index (κ2) is 4.14. The van der Waals surface area contributed by atoms with Crippen molar-refractivity contribution < 1.29 is 0 Å². The van der Waals surface area contributed by atoms with Crippen molar-refractivity contribution in [2.75, 3.05) is 11.1 Å². The minimum absolute atomic E-state index is 0.597. The molecule has 0 atom stereocenters. The van der Waals surface area contributed by atoms with Crippen molar-refractivity contribution in [3.05, 3.63) is 41.8 Å². The predicted octanol–water partition coefficient (Wildman–Crippen LogP) is 2.46. The van der Waals surface area contributed by atoms with E-state index in [0.29, 0.717) is 16.5 Å². The van der Waals surface area contributed by atoms with Crippen molar-refractivity contribution in [3.63, 3.8) is 0 Å². The van der Waals surface area contributed by atoms with Crippen molar-refractivity contribution in [1.29, 1.82) is 0 Å². The first-order chi connectivity index (χ1) is 7.25. The van der Waals surface area contributed by atoms with Crippen molar-refractivity contribution in [3.8, 4) is 0 Å². The number of pyridine rings is 2. The predicted molar refractivity (Wildman–Crippen MR) is 61.2 cm³/mol. The van der Waals surface area contributed by atoms with Gasteiger partial charge in [-0.05, 0) is 18.2 Å². The Morgan fingerprint density at radius 1 is 1.20 bits per heavy atom. The number of nitrogens with zero attached hydrogens (tertiary/aromatic N) is 2. The fourth-order valence-electron chi connectivity index (χ4n) is 1.10. The number of halogens is 1. The number of hydrogen-bond acceptors (Lipinski definition) is 4. The smallest absolute Gasteiger partial charge is 0.130 e. The number of aromatic nitrogens is 2. The van der Waals surface area contributed by atoms with Crippen LogP contribution in [0.2, 0.25) is 5.02 Å². The summed E-state index contributed by atoms with van der Waals surface area (Å²) in [6.45, 7) is 0. The Morgan fingerprint density at radius 2 is 2.07 bits per heavy atom. The summed E-state index contributed by atoms with van der Waals surface area (Å²) in [6.07, 6.45) is 4.85. The molecule has 2 rings (SSSR count). The second-order valence-corrected chi connectivity index (χ2v) is 3.39. The van der Waals surface area contributed by atoms with Gasteiger partial charge >= 0.3 is 0 Å². The van der Waals surface area contributed by atoms with Crippen LogP contribution in [0.15, 0.2) is 36.8 Å². The van der Waals surface area contributed by atoms with Crippen molar-refractivity contribution in [2.24, 2.45) is 0 Å². The first-order valence-corrected chi connectivity index (χ1v) is 4.71. The summed E-state index contributed by atoms with van der Waals surface area (Å²) in [5.74, 6) is 0.680. The van der Waals surface area contributed by atoms with E-state index < -0.39 is 0 Å². The van der Waals surface area contributed by atoms with Gasteiger partial charge in [-0.25, -0.2) is 4.98 Å². The van der Waals surface area contributed by atoms with Gasteiger partial charge in [-0.2, -0.15) is 0 Å². The molecule has 2 aromatic rings. The lowest BCUT2D eigenvalue weighted by Gasteiger charge is -2.06. The number of hydrogen-bond donors (Lipinski definition) is 2. The van der Waals surface area contributed by atoms with E-state index >= 15 is 0 Å². The maximum absolute atomic E-state index is 5.74. The van der Waals surface area contributed by atoms with Crippen LogP contribution >= 0.6 is 11.6 Å². The van der Waals surface area contributed by atoms with Crippen LogP contribution in [0, 0.1) is 0 Å². The zero-order chi connectivity index (χ0) is 10.7. The lowest BCUT2D eigenvalue weighted by atomic mass is 10.3. The Balaban J connectivity index is 2.22. The van der Waals surface area contributed by atoms with Crippen LogP contribution in [0.25, 0.3) is 0 Å². The first-order valence-electron chi connectivity index (χ1n) is 4.34. The molecule has 0 aliphatic rings. The van der Waals surface area contributed by atoms with Gasteiger partial charge in [-0.15, -0.1) is 0 Å². The van der Waals surface area contributed by atoms with Gasteiger partial charge < -0.3 is 11.1 Å². The Hall–Kier alpha value is -1.81. The van der Waals surface area contributed by atoms with Crippen LogP contribution < -0.4 is 11.1 Å². The molecule has 15 heavy (non-hydrogen) atoms. The van der Waals surface area contributed by atoms with E-state index in [9.17, 15) is 0 Å². The van der Waals surface area contributed by atoms with E-state index in [2.05, 4.69) is 15.3 Å². The Kier molecular flexibility index (Phi) is 2.69. The molecule has 5 heteroatoms. The fraction of sp³-hybridized carbons (Fsp3) is 0. The highest BCUT2D eigenvalue weighted by Crippen LogP contribution is 2.20. The maximum Gasteiger partial charge on any atom is 0.130 e. The molecule has 2 aromatic heterocycles. The van der Waals surface area contributed by atoms with Crippen LogP contribution in [0.5, 0.6) is 0 Å². The molecule has 0 amide bonds. The average molecular weight is 221 g/mol. The molecular formula is C10H9ClN4. The summed E-state index contributed by atoms with van der Waals surface area (Å²) in [5, 5.41) is 3.64. The fourth-order valence-corrected chi connectivity index (χ4v) is 1.21. The molecule has 0 fully saturated rings. The van der Waals surface area contributed by atoms with E-state index in [0.717, 1.165) is 5.69 Å². The topological polar surface area (TPSA) is 63.8 Å². The Bertz CT molecular complexity index is 455. The third-order valence-corrected chi connectivity index (χ3v) is 2.07. The summed E-state index contributed by atoms with van der Waals surface area (Å²) in [7, 11) is 0. The highest BCUT2D eigenvalue weighted by Gasteiger charge is 1.99. The van der Waals surface area contributed by atoms with Crippen LogP contribution in [-0.2, 0) is 0 Å². The molecule has 0 spiro atoms. The van der Waals surface area contributed by atoms with E-state index in [1.165, 1.54) is 0 Å². The molecule has 3 N–H and O–H groups in total.